The highest BCUT2D eigenvalue weighted by atomic mass is 32.2. The smallest absolute Gasteiger partial charge is 0.320 e. The third-order valence-electron chi connectivity index (χ3n) is 6.71. The van der Waals surface area contributed by atoms with Gasteiger partial charge < -0.3 is 25.1 Å². The summed E-state index contributed by atoms with van der Waals surface area (Å²) in [5.41, 5.74) is -0.543. The number of rotatable bonds is 15. The summed E-state index contributed by atoms with van der Waals surface area (Å²) < 4.78 is 12.1. The third-order valence-corrected chi connectivity index (χ3v) is 8.80. The summed E-state index contributed by atoms with van der Waals surface area (Å²) in [5, 5.41) is 9.65. The average molecular weight is 637 g/mol. The predicted octanol–water partition coefficient (Wildman–Crippen LogP) is 4.59. The second kappa shape index (κ2) is 16.6. The fourth-order valence-corrected chi connectivity index (χ4v) is 6.14. The number of carbonyl (C=O) groups excluding carboxylic acids is 3. The van der Waals surface area contributed by atoms with Crippen LogP contribution in [0, 0.1) is 5.92 Å². The molecule has 0 radical (unpaired) electrons. The van der Waals surface area contributed by atoms with Crippen LogP contribution in [0.4, 0.5) is 5.13 Å². The van der Waals surface area contributed by atoms with Crippen molar-refractivity contribution < 1.29 is 23.5 Å². The number of piperidine rings is 1. The van der Waals surface area contributed by atoms with Gasteiger partial charge in [-0.2, -0.15) is 0 Å². The molecular formula is C30H48N6O5S2. The van der Waals surface area contributed by atoms with Gasteiger partial charge in [-0.3, -0.25) is 19.3 Å². The largest absolute Gasteiger partial charge is 0.459 e. The van der Waals surface area contributed by atoms with E-state index in [1.165, 1.54) is 11.3 Å². The van der Waals surface area contributed by atoms with E-state index in [0.717, 1.165) is 35.8 Å². The van der Waals surface area contributed by atoms with Crippen LogP contribution < -0.4 is 16.0 Å². The molecule has 1 fully saturated rings. The van der Waals surface area contributed by atoms with E-state index in [1.807, 2.05) is 20.8 Å². The average Bonchev–Trinajstić information content (AvgIpc) is 3.58. The summed E-state index contributed by atoms with van der Waals surface area (Å²) in [6, 6.07) is 0. The lowest BCUT2D eigenvalue weighted by atomic mass is 9.94. The Morgan fingerprint density at radius 3 is 2.44 bits per heavy atom. The normalized spacial score (nSPS) is 14.9. The van der Waals surface area contributed by atoms with Crippen LogP contribution in [0.3, 0.4) is 0 Å². The van der Waals surface area contributed by atoms with Gasteiger partial charge in [-0.25, -0.2) is 9.97 Å². The lowest BCUT2D eigenvalue weighted by molar-refractivity contribution is -0.153. The number of oxazole rings is 1. The van der Waals surface area contributed by atoms with E-state index in [1.54, 1.807) is 24.2 Å². The second-order valence-corrected chi connectivity index (χ2v) is 15.2. The zero-order valence-corrected chi connectivity index (χ0v) is 28.0. The van der Waals surface area contributed by atoms with Gasteiger partial charge in [-0.05, 0) is 66.1 Å². The Bertz CT molecular complexity index is 1180. The Morgan fingerprint density at radius 1 is 1.05 bits per heavy atom. The Morgan fingerprint density at radius 2 is 1.77 bits per heavy atom. The van der Waals surface area contributed by atoms with Gasteiger partial charge in [0, 0.05) is 17.9 Å². The van der Waals surface area contributed by atoms with Crippen LogP contribution in [0.2, 0.25) is 0 Å². The minimum Gasteiger partial charge on any atom is -0.459 e. The number of amides is 2. The summed E-state index contributed by atoms with van der Waals surface area (Å²) in [7, 11) is 0. The molecule has 1 saturated heterocycles. The molecule has 0 atom stereocenters. The monoisotopic (exact) mass is 636 g/mol. The zero-order valence-electron chi connectivity index (χ0n) is 26.4. The third kappa shape index (κ3) is 13.4. The van der Waals surface area contributed by atoms with Crippen LogP contribution in [-0.2, 0) is 30.3 Å². The van der Waals surface area contributed by atoms with Gasteiger partial charge in [0.15, 0.2) is 5.13 Å². The van der Waals surface area contributed by atoms with Crippen molar-refractivity contribution in [2.45, 2.75) is 94.6 Å². The van der Waals surface area contributed by atoms with Crippen molar-refractivity contribution in [3.63, 3.8) is 0 Å². The molecule has 0 saturated carbocycles. The number of carbonyl (C=O) groups is 3. The first-order valence-corrected chi connectivity index (χ1v) is 16.8. The fraction of sp³-hybridized carbons (Fsp3) is 0.700. The molecule has 2 amide bonds. The quantitative estimate of drug-likeness (QED) is 0.145. The van der Waals surface area contributed by atoms with Gasteiger partial charge in [0.2, 0.25) is 17.7 Å². The molecule has 0 aliphatic carbocycles. The van der Waals surface area contributed by atoms with E-state index in [-0.39, 0.29) is 35.7 Å². The number of nitrogens with one attached hydrogen (secondary N) is 3. The number of hydrogen-bond acceptors (Lipinski definition) is 11. The molecule has 13 heteroatoms. The number of aromatic nitrogens is 2. The molecule has 0 aromatic carbocycles. The predicted molar refractivity (Wildman–Crippen MR) is 170 cm³/mol. The maximum absolute atomic E-state index is 12.8. The molecule has 3 N–H and O–H groups in total. The number of nitrogens with zero attached hydrogens (tertiary/aromatic N) is 3. The highest BCUT2D eigenvalue weighted by Crippen LogP contribution is 2.32. The molecule has 3 heterocycles. The number of unbranched alkanes of at least 4 members (excludes halogenated alkanes) is 2. The van der Waals surface area contributed by atoms with Crippen molar-refractivity contribution in [3.05, 3.63) is 24.0 Å². The molecule has 2 aromatic heterocycles. The first-order chi connectivity index (χ1) is 20.3. The Kier molecular flexibility index (Phi) is 13.5. The van der Waals surface area contributed by atoms with Gasteiger partial charge in [0.25, 0.3) is 0 Å². The Labute approximate surface area is 263 Å². The standard InChI is InChI=1S/C30H48N6O5S2/c1-29(2,3)22-16-33-24(40-22)20-42-26-18-34-28(43-26)35-27(39)21-10-14-36(15-11-21)19-23(37)32-13-9-7-8-12-31-17-25(38)41-30(4,5)6/h16,18,21,31H,7-15,17,19-20H2,1-6H3,(H,32,37)(H,34,35,39). The van der Waals surface area contributed by atoms with E-state index < -0.39 is 5.60 Å². The highest BCUT2D eigenvalue weighted by Gasteiger charge is 2.26. The minimum absolute atomic E-state index is 0.0122. The Balaban J connectivity index is 1.23. The number of thiazole rings is 1. The van der Waals surface area contributed by atoms with E-state index in [2.05, 4.69) is 51.6 Å². The summed E-state index contributed by atoms with van der Waals surface area (Å²) in [4.78, 5) is 47.7. The van der Waals surface area contributed by atoms with Gasteiger partial charge in [0.05, 0.1) is 35.4 Å². The number of hydrogen-bond donors (Lipinski definition) is 3. The maximum Gasteiger partial charge on any atom is 0.320 e. The van der Waals surface area contributed by atoms with Crippen molar-refractivity contribution in [1.29, 1.82) is 0 Å². The van der Waals surface area contributed by atoms with Crippen LogP contribution in [-0.4, -0.2) is 77.5 Å². The lowest BCUT2D eigenvalue weighted by Crippen LogP contribution is -2.43. The SMILES string of the molecule is CC(C)(C)OC(=O)CNCCCCCNC(=O)CN1CCC(C(=O)Nc2ncc(SCc3ncc(C(C)(C)C)o3)s2)CC1. The second-order valence-electron chi connectivity index (χ2n) is 12.9. The maximum atomic E-state index is 12.8. The molecule has 0 spiro atoms. The van der Waals surface area contributed by atoms with E-state index >= 15 is 0 Å². The molecule has 1 aliphatic rings. The van der Waals surface area contributed by atoms with E-state index in [4.69, 9.17) is 9.15 Å². The zero-order chi connectivity index (χ0) is 31.5. The van der Waals surface area contributed by atoms with E-state index in [9.17, 15) is 14.4 Å². The molecule has 3 rings (SSSR count). The molecule has 11 nitrogen and oxygen atoms in total. The van der Waals surface area contributed by atoms with Crippen molar-refractivity contribution in [2.75, 3.05) is 44.6 Å². The number of esters is 1. The first kappa shape index (κ1) is 35.0. The summed E-state index contributed by atoms with van der Waals surface area (Å²) >= 11 is 3.03. The van der Waals surface area contributed by atoms with Crippen LogP contribution in [0.1, 0.15) is 85.3 Å². The lowest BCUT2D eigenvalue weighted by Gasteiger charge is -2.30. The van der Waals surface area contributed by atoms with Gasteiger partial charge in [-0.15, -0.1) is 11.8 Å². The van der Waals surface area contributed by atoms with Crippen molar-refractivity contribution >= 4 is 46.0 Å². The highest BCUT2D eigenvalue weighted by molar-refractivity contribution is 8.00. The van der Waals surface area contributed by atoms with Gasteiger partial charge in [-0.1, -0.05) is 38.5 Å². The molecular weight excluding hydrogens is 589 g/mol. The summed E-state index contributed by atoms with van der Waals surface area (Å²) in [6.07, 6.45) is 7.75. The summed E-state index contributed by atoms with van der Waals surface area (Å²) in [5.74, 6) is 1.80. The van der Waals surface area contributed by atoms with Crippen LogP contribution in [0.15, 0.2) is 21.0 Å². The van der Waals surface area contributed by atoms with Crippen molar-refractivity contribution in [2.24, 2.45) is 5.92 Å². The number of anilines is 1. The van der Waals surface area contributed by atoms with Gasteiger partial charge in [0.1, 0.15) is 11.4 Å². The molecule has 240 valence electrons. The number of ether oxygens (including phenoxy) is 1. The first-order valence-electron chi connectivity index (χ1n) is 15.0. The van der Waals surface area contributed by atoms with Crippen LogP contribution >= 0.6 is 23.1 Å². The number of likely N-dealkylation sites (tertiary alicyclic amines) is 1. The van der Waals surface area contributed by atoms with Crippen LogP contribution in [0.5, 0.6) is 0 Å². The molecule has 43 heavy (non-hydrogen) atoms. The minimum atomic E-state index is -0.467. The molecule has 0 bridgehead atoms. The van der Waals surface area contributed by atoms with Crippen LogP contribution in [0.25, 0.3) is 0 Å². The van der Waals surface area contributed by atoms with Gasteiger partial charge >= 0.3 is 5.97 Å². The Hall–Kier alpha value is -2.48. The summed E-state index contributed by atoms with van der Waals surface area (Å²) in [6.45, 7) is 15.2. The number of thioether (sulfide) groups is 1. The molecule has 0 unspecified atom stereocenters. The molecule has 2 aromatic rings. The molecule has 1 aliphatic heterocycles. The van der Waals surface area contributed by atoms with Crippen molar-refractivity contribution in [1.82, 2.24) is 25.5 Å². The topological polar surface area (TPSA) is 139 Å². The van der Waals surface area contributed by atoms with Crippen molar-refractivity contribution in [3.8, 4) is 0 Å². The fourth-order valence-electron chi connectivity index (χ4n) is 4.41. The van der Waals surface area contributed by atoms with E-state index in [0.29, 0.717) is 55.8 Å².